The number of cyclic esters (lactones) is 1. The van der Waals surface area contributed by atoms with Crippen LogP contribution in [0, 0.1) is 0 Å². The first-order valence-corrected chi connectivity index (χ1v) is 4.02. The lowest BCUT2D eigenvalue weighted by Gasteiger charge is -1.96. The fourth-order valence-electron chi connectivity index (χ4n) is 1.10. The Hall–Kier alpha value is -2.10. The van der Waals surface area contributed by atoms with E-state index in [0.717, 1.165) is 0 Å². The lowest BCUT2D eigenvalue weighted by atomic mass is 10.2. The maximum Gasteiger partial charge on any atom is 0.367 e. The van der Waals surface area contributed by atoms with Crippen molar-refractivity contribution in [2.75, 3.05) is 0 Å². The van der Waals surface area contributed by atoms with E-state index in [4.69, 9.17) is 9.84 Å². The SMILES string of the molecule is O=C1OC(c2ccccc2)=N/C1=C/O. The summed E-state index contributed by atoms with van der Waals surface area (Å²) in [5.74, 6) is -0.415. The van der Waals surface area contributed by atoms with Gasteiger partial charge in [0.25, 0.3) is 0 Å². The average Bonchev–Trinajstić information content (AvgIpc) is 2.61. The summed E-state index contributed by atoms with van der Waals surface area (Å²) in [6, 6.07) is 9.02. The van der Waals surface area contributed by atoms with Gasteiger partial charge in [0, 0.05) is 5.56 Å². The van der Waals surface area contributed by atoms with Crippen LogP contribution in [0.3, 0.4) is 0 Å². The Morgan fingerprint density at radius 1 is 1.29 bits per heavy atom. The number of ether oxygens (including phenoxy) is 1. The average molecular weight is 189 g/mol. The summed E-state index contributed by atoms with van der Waals surface area (Å²) in [6.07, 6.45) is 0.637. The minimum Gasteiger partial charge on any atom is -0.513 e. The number of aliphatic hydroxyl groups is 1. The van der Waals surface area contributed by atoms with Gasteiger partial charge in [-0.1, -0.05) is 18.2 Å². The van der Waals surface area contributed by atoms with E-state index in [1.807, 2.05) is 18.2 Å². The molecule has 0 radical (unpaired) electrons. The maximum absolute atomic E-state index is 11.0. The molecule has 1 heterocycles. The molecule has 0 fully saturated rings. The van der Waals surface area contributed by atoms with E-state index in [2.05, 4.69) is 4.99 Å². The first kappa shape index (κ1) is 8.50. The summed E-state index contributed by atoms with van der Waals surface area (Å²) in [7, 11) is 0. The molecule has 0 atom stereocenters. The molecule has 14 heavy (non-hydrogen) atoms. The highest BCUT2D eigenvalue weighted by molar-refractivity contribution is 6.10. The maximum atomic E-state index is 11.0. The quantitative estimate of drug-likeness (QED) is 0.412. The van der Waals surface area contributed by atoms with Crippen LogP contribution < -0.4 is 0 Å². The first-order chi connectivity index (χ1) is 6.81. The van der Waals surface area contributed by atoms with Crippen molar-refractivity contribution in [1.29, 1.82) is 0 Å². The lowest BCUT2D eigenvalue weighted by Crippen LogP contribution is -2.04. The third-order valence-corrected chi connectivity index (χ3v) is 1.76. The molecule has 4 nitrogen and oxygen atoms in total. The molecule has 70 valence electrons. The third kappa shape index (κ3) is 1.37. The molecule has 1 aromatic carbocycles. The van der Waals surface area contributed by atoms with Gasteiger partial charge in [0.2, 0.25) is 5.90 Å². The molecular weight excluding hydrogens is 182 g/mol. The van der Waals surface area contributed by atoms with Gasteiger partial charge >= 0.3 is 5.97 Å². The molecule has 1 aromatic rings. The molecular formula is C10H7NO3. The van der Waals surface area contributed by atoms with E-state index < -0.39 is 5.97 Å². The summed E-state index contributed by atoms with van der Waals surface area (Å²) in [5.41, 5.74) is 0.626. The number of carbonyl (C=O) groups is 1. The van der Waals surface area contributed by atoms with Crippen molar-refractivity contribution in [2.24, 2.45) is 4.99 Å². The predicted molar refractivity (Wildman–Crippen MR) is 49.8 cm³/mol. The van der Waals surface area contributed by atoms with Crippen LogP contribution in [0.15, 0.2) is 47.3 Å². The van der Waals surface area contributed by atoms with Gasteiger partial charge in [-0.05, 0) is 12.1 Å². The molecule has 0 unspecified atom stereocenters. The van der Waals surface area contributed by atoms with Crippen LogP contribution in [0.4, 0.5) is 0 Å². The van der Waals surface area contributed by atoms with Gasteiger partial charge in [-0.25, -0.2) is 9.79 Å². The number of carbonyl (C=O) groups excluding carboxylic acids is 1. The van der Waals surface area contributed by atoms with Gasteiger partial charge in [-0.2, -0.15) is 0 Å². The standard InChI is InChI=1S/C10H7NO3/c12-6-8-10(13)14-9(11-8)7-4-2-1-3-5-7/h1-6,12H/b8-6+. The molecule has 0 bridgehead atoms. The highest BCUT2D eigenvalue weighted by Crippen LogP contribution is 2.14. The monoisotopic (exact) mass is 189 g/mol. The largest absolute Gasteiger partial charge is 0.513 e. The molecule has 0 saturated heterocycles. The summed E-state index contributed by atoms with van der Waals surface area (Å²) in [5, 5.41) is 8.63. The molecule has 1 aliphatic rings. The minimum absolute atomic E-state index is 0.0798. The summed E-state index contributed by atoms with van der Waals surface area (Å²) < 4.78 is 4.83. The summed E-state index contributed by atoms with van der Waals surface area (Å²) in [4.78, 5) is 14.8. The second-order valence-corrected chi connectivity index (χ2v) is 2.69. The first-order valence-electron chi connectivity index (χ1n) is 4.02. The number of esters is 1. The topological polar surface area (TPSA) is 58.9 Å². The smallest absolute Gasteiger partial charge is 0.367 e. The van der Waals surface area contributed by atoms with Crippen molar-refractivity contribution >= 4 is 11.9 Å². The van der Waals surface area contributed by atoms with Gasteiger partial charge in [-0.3, -0.25) is 0 Å². The molecule has 0 aromatic heterocycles. The van der Waals surface area contributed by atoms with Crippen LogP contribution in [-0.4, -0.2) is 17.0 Å². The number of nitrogens with zero attached hydrogens (tertiary/aromatic N) is 1. The number of benzene rings is 1. The second kappa shape index (κ2) is 3.33. The van der Waals surface area contributed by atoms with Crippen LogP contribution in [-0.2, 0) is 9.53 Å². The normalized spacial score (nSPS) is 18.1. The molecule has 4 heteroatoms. The molecule has 0 amide bonds. The highest BCUT2D eigenvalue weighted by Gasteiger charge is 2.23. The molecule has 0 saturated carbocycles. The second-order valence-electron chi connectivity index (χ2n) is 2.69. The van der Waals surface area contributed by atoms with E-state index in [-0.39, 0.29) is 11.6 Å². The minimum atomic E-state index is -0.633. The molecule has 1 N–H and O–H groups in total. The van der Waals surface area contributed by atoms with Crippen LogP contribution in [0.1, 0.15) is 5.56 Å². The Morgan fingerprint density at radius 3 is 2.57 bits per heavy atom. The Labute approximate surface area is 80.2 Å². The van der Waals surface area contributed by atoms with Gasteiger partial charge in [0.15, 0.2) is 5.70 Å². The predicted octanol–water partition coefficient (Wildman–Crippen LogP) is 1.39. The Balaban J connectivity index is 2.36. The van der Waals surface area contributed by atoms with E-state index in [1.54, 1.807) is 12.1 Å². The van der Waals surface area contributed by atoms with Crippen LogP contribution in [0.2, 0.25) is 0 Å². The number of rotatable bonds is 1. The van der Waals surface area contributed by atoms with Gasteiger partial charge in [-0.15, -0.1) is 0 Å². The zero-order valence-electron chi connectivity index (χ0n) is 7.18. The van der Waals surface area contributed by atoms with Crippen molar-refractivity contribution in [3.63, 3.8) is 0 Å². The van der Waals surface area contributed by atoms with Gasteiger partial charge in [0.05, 0.1) is 0 Å². The number of hydrogen-bond donors (Lipinski definition) is 1. The van der Waals surface area contributed by atoms with E-state index in [0.29, 0.717) is 11.8 Å². The van der Waals surface area contributed by atoms with Crippen molar-refractivity contribution in [1.82, 2.24) is 0 Å². The van der Waals surface area contributed by atoms with Crippen molar-refractivity contribution < 1.29 is 14.6 Å². The fourth-order valence-corrected chi connectivity index (χ4v) is 1.10. The highest BCUT2D eigenvalue weighted by atomic mass is 16.6. The van der Waals surface area contributed by atoms with E-state index in [9.17, 15) is 4.79 Å². The van der Waals surface area contributed by atoms with Crippen LogP contribution >= 0.6 is 0 Å². The Morgan fingerprint density at radius 2 is 2.00 bits per heavy atom. The summed E-state index contributed by atoms with van der Waals surface area (Å²) >= 11 is 0. The summed E-state index contributed by atoms with van der Waals surface area (Å²) in [6.45, 7) is 0. The Kier molecular flexibility index (Phi) is 2.02. The fraction of sp³-hybridized carbons (Fsp3) is 0. The van der Waals surface area contributed by atoms with Crippen molar-refractivity contribution in [3.8, 4) is 0 Å². The van der Waals surface area contributed by atoms with Crippen LogP contribution in [0.5, 0.6) is 0 Å². The van der Waals surface area contributed by atoms with Crippen LogP contribution in [0.25, 0.3) is 0 Å². The molecule has 0 spiro atoms. The third-order valence-electron chi connectivity index (χ3n) is 1.76. The number of aliphatic hydroxyl groups excluding tert-OH is 1. The molecule has 1 aliphatic heterocycles. The van der Waals surface area contributed by atoms with Gasteiger partial charge in [0.1, 0.15) is 6.26 Å². The van der Waals surface area contributed by atoms with Gasteiger partial charge < -0.3 is 9.84 Å². The number of aliphatic imine (C=N–C) groups is 1. The lowest BCUT2D eigenvalue weighted by molar-refractivity contribution is -0.130. The zero-order chi connectivity index (χ0) is 9.97. The molecule has 0 aliphatic carbocycles. The zero-order valence-corrected chi connectivity index (χ0v) is 7.18. The van der Waals surface area contributed by atoms with Crippen molar-refractivity contribution in [2.45, 2.75) is 0 Å². The van der Waals surface area contributed by atoms with Crippen molar-refractivity contribution in [3.05, 3.63) is 47.9 Å². The van der Waals surface area contributed by atoms with E-state index in [1.165, 1.54) is 0 Å². The number of hydrogen-bond acceptors (Lipinski definition) is 4. The molecule has 2 rings (SSSR count). The Bertz CT molecular complexity index is 420. The van der Waals surface area contributed by atoms with E-state index >= 15 is 0 Å².